The van der Waals surface area contributed by atoms with E-state index in [2.05, 4.69) is 15.5 Å². The van der Waals surface area contributed by atoms with E-state index in [1.807, 2.05) is 25.1 Å². The van der Waals surface area contributed by atoms with Crippen LogP contribution in [0.15, 0.2) is 47.6 Å². The van der Waals surface area contributed by atoms with Crippen molar-refractivity contribution in [3.63, 3.8) is 0 Å². The molecule has 3 aromatic rings. The summed E-state index contributed by atoms with van der Waals surface area (Å²) >= 11 is 7.38. The first-order valence-corrected chi connectivity index (χ1v) is 10.4. The molecule has 0 aliphatic heterocycles. The first kappa shape index (κ1) is 21.8. The second kappa shape index (κ2) is 9.73. The molecular weight excluding hydrogens is 426 g/mol. The highest BCUT2D eigenvalue weighted by Crippen LogP contribution is 2.33. The number of rotatable bonds is 8. The summed E-state index contributed by atoms with van der Waals surface area (Å²) in [5, 5.41) is 12.2. The highest BCUT2D eigenvalue weighted by Gasteiger charge is 2.18. The normalized spacial score (nSPS) is 11.7. The van der Waals surface area contributed by atoms with Crippen LogP contribution in [0.1, 0.15) is 18.5 Å². The Morgan fingerprint density at radius 2 is 2.00 bits per heavy atom. The Kier molecular flexibility index (Phi) is 7.07. The molecule has 1 aromatic heterocycles. The number of halogens is 1. The predicted octanol–water partition coefficient (Wildman–Crippen LogP) is 3.30. The lowest BCUT2D eigenvalue weighted by atomic mass is 10.1. The van der Waals surface area contributed by atoms with Gasteiger partial charge in [-0.25, -0.2) is 4.68 Å². The monoisotopic (exact) mass is 447 g/mol. The zero-order valence-corrected chi connectivity index (χ0v) is 18.3. The smallest absolute Gasteiger partial charge is 0.230 e. The van der Waals surface area contributed by atoms with E-state index in [0.29, 0.717) is 33.1 Å². The summed E-state index contributed by atoms with van der Waals surface area (Å²) in [7, 11) is 3.13. The number of carbonyl (C=O) groups is 1. The summed E-state index contributed by atoms with van der Waals surface area (Å²) in [4.78, 5) is 12.4. The second-order valence-corrected chi connectivity index (χ2v) is 7.69. The number of aromatic nitrogens is 3. The van der Waals surface area contributed by atoms with Gasteiger partial charge in [0.15, 0.2) is 5.82 Å². The van der Waals surface area contributed by atoms with Crippen molar-refractivity contribution in [1.82, 2.24) is 20.2 Å². The topological polar surface area (TPSA) is 104 Å². The number of methoxy groups -OCH3 is 2. The van der Waals surface area contributed by atoms with Crippen molar-refractivity contribution in [3.05, 3.63) is 53.1 Å². The number of nitrogens with zero attached hydrogens (tertiary/aromatic N) is 3. The molecule has 0 saturated heterocycles. The Morgan fingerprint density at radius 1 is 1.23 bits per heavy atom. The van der Waals surface area contributed by atoms with E-state index in [0.717, 1.165) is 5.56 Å². The minimum Gasteiger partial charge on any atom is -0.497 e. The van der Waals surface area contributed by atoms with E-state index in [4.69, 9.17) is 26.9 Å². The van der Waals surface area contributed by atoms with Crippen molar-refractivity contribution in [2.75, 3.05) is 25.8 Å². The van der Waals surface area contributed by atoms with Gasteiger partial charge in [0.2, 0.25) is 11.1 Å². The third-order valence-electron chi connectivity index (χ3n) is 4.40. The van der Waals surface area contributed by atoms with Gasteiger partial charge < -0.3 is 20.6 Å². The fourth-order valence-electron chi connectivity index (χ4n) is 2.86. The first-order chi connectivity index (χ1) is 14.4. The van der Waals surface area contributed by atoms with E-state index >= 15 is 0 Å². The van der Waals surface area contributed by atoms with Crippen molar-refractivity contribution in [1.29, 1.82) is 0 Å². The molecule has 0 bridgehead atoms. The SMILES string of the molecule is COc1ccc(-c2nnc(SCC(=O)NC(C)c3ccccc3Cl)n2N)c(OC)c1. The second-order valence-electron chi connectivity index (χ2n) is 6.34. The highest BCUT2D eigenvalue weighted by atomic mass is 35.5. The van der Waals surface area contributed by atoms with Crippen LogP contribution in [0.4, 0.5) is 0 Å². The average Bonchev–Trinajstić information content (AvgIpc) is 3.12. The number of nitrogens with one attached hydrogen (secondary N) is 1. The van der Waals surface area contributed by atoms with Gasteiger partial charge in [-0.05, 0) is 30.7 Å². The van der Waals surface area contributed by atoms with E-state index in [-0.39, 0.29) is 17.7 Å². The molecular formula is C20H22ClN5O3S. The molecule has 10 heteroatoms. The van der Waals surface area contributed by atoms with Crippen LogP contribution >= 0.6 is 23.4 Å². The van der Waals surface area contributed by atoms with Crippen LogP contribution in [-0.2, 0) is 4.79 Å². The van der Waals surface area contributed by atoms with E-state index in [1.165, 1.54) is 16.4 Å². The van der Waals surface area contributed by atoms with Crippen molar-refractivity contribution < 1.29 is 14.3 Å². The molecule has 1 heterocycles. The Bertz CT molecular complexity index is 1040. The van der Waals surface area contributed by atoms with Crippen LogP contribution in [-0.4, -0.2) is 40.8 Å². The molecule has 0 aliphatic rings. The van der Waals surface area contributed by atoms with Gasteiger partial charge in [-0.2, -0.15) is 0 Å². The maximum atomic E-state index is 12.4. The Balaban J connectivity index is 1.67. The van der Waals surface area contributed by atoms with E-state index in [9.17, 15) is 4.79 Å². The van der Waals surface area contributed by atoms with Gasteiger partial charge in [0, 0.05) is 11.1 Å². The summed E-state index contributed by atoms with van der Waals surface area (Å²) in [6.07, 6.45) is 0. The summed E-state index contributed by atoms with van der Waals surface area (Å²) in [6.45, 7) is 1.88. The summed E-state index contributed by atoms with van der Waals surface area (Å²) in [6, 6.07) is 12.5. The zero-order valence-electron chi connectivity index (χ0n) is 16.8. The number of thioether (sulfide) groups is 1. The van der Waals surface area contributed by atoms with E-state index in [1.54, 1.807) is 38.5 Å². The number of carbonyl (C=O) groups excluding carboxylic acids is 1. The lowest BCUT2D eigenvalue weighted by molar-refractivity contribution is -0.119. The zero-order chi connectivity index (χ0) is 21.7. The fraction of sp³-hybridized carbons (Fsp3) is 0.250. The van der Waals surface area contributed by atoms with Gasteiger partial charge in [0.05, 0.1) is 31.6 Å². The van der Waals surface area contributed by atoms with Gasteiger partial charge in [-0.1, -0.05) is 41.6 Å². The molecule has 1 atom stereocenters. The van der Waals surface area contributed by atoms with Gasteiger partial charge in [0.1, 0.15) is 11.5 Å². The maximum Gasteiger partial charge on any atom is 0.230 e. The number of nitrogen functional groups attached to an aromatic ring is 1. The Hall–Kier alpha value is -2.91. The van der Waals surface area contributed by atoms with Gasteiger partial charge in [-0.15, -0.1) is 10.2 Å². The van der Waals surface area contributed by atoms with Gasteiger partial charge >= 0.3 is 0 Å². The molecule has 30 heavy (non-hydrogen) atoms. The molecule has 8 nitrogen and oxygen atoms in total. The number of hydrogen-bond acceptors (Lipinski definition) is 7. The number of nitrogens with two attached hydrogens (primary N) is 1. The van der Waals surface area contributed by atoms with Crippen molar-refractivity contribution >= 4 is 29.3 Å². The van der Waals surface area contributed by atoms with Gasteiger partial charge in [-0.3, -0.25) is 4.79 Å². The van der Waals surface area contributed by atoms with Crippen molar-refractivity contribution in [2.24, 2.45) is 0 Å². The maximum absolute atomic E-state index is 12.4. The largest absolute Gasteiger partial charge is 0.497 e. The third-order valence-corrected chi connectivity index (χ3v) is 5.68. The van der Waals surface area contributed by atoms with Crippen LogP contribution in [0, 0.1) is 0 Å². The number of hydrogen-bond donors (Lipinski definition) is 2. The summed E-state index contributed by atoms with van der Waals surface area (Å²) in [5.74, 6) is 7.75. The lowest BCUT2D eigenvalue weighted by Crippen LogP contribution is -2.28. The molecule has 0 spiro atoms. The minimum absolute atomic E-state index is 0.129. The molecule has 1 amide bonds. The van der Waals surface area contributed by atoms with Crippen molar-refractivity contribution in [3.8, 4) is 22.9 Å². The molecule has 1 unspecified atom stereocenters. The Morgan fingerprint density at radius 3 is 2.70 bits per heavy atom. The Labute approximate surface area is 183 Å². The van der Waals surface area contributed by atoms with Crippen molar-refractivity contribution in [2.45, 2.75) is 18.1 Å². The predicted molar refractivity (Wildman–Crippen MR) is 117 cm³/mol. The molecule has 3 rings (SSSR count). The molecule has 2 aromatic carbocycles. The molecule has 158 valence electrons. The quantitative estimate of drug-likeness (QED) is 0.403. The first-order valence-electron chi connectivity index (χ1n) is 9.04. The molecule has 0 saturated carbocycles. The molecule has 0 aliphatic carbocycles. The highest BCUT2D eigenvalue weighted by molar-refractivity contribution is 7.99. The average molecular weight is 448 g/mol. The van der Waals surface area contributed by atoms with Gasteiger partial charge in [0.25, 0.3) is 0 Å². The molecule has 3 N–H and O–H groups in total. The van der Waals surface area contributed by atoms with Crippen LogP contribution in [0.5, 0.6) is 11.5 Å². The third kappa shape index (κ3) is 4.80. The molecule has 0 fully saturated rings. The van der Waals surface area contributed by atoms with E-state index < -0.39 is 0 Å². The number of benzene rings is 2. The minimum atomic E-state index is -0.221. The molecule has 0 radical (unpaired) electrons. The van der Waals surface area contributed by atoms with Crippen LogP contribution < -0.4 is 20.6 Å². The standard InChI is InChI=1S/C20H22ClN5O3S/c1-12(14-6-4-5-7-16(14)21)23-18(27)11-30-20-25-24-19(26(20)22)15-9-8-13(28-2)10-17(15)29-3/h4-10,12H,11,22H2,1-3H3,(H,23,27). The van der Waals surface area contributed by atoms with Crippen LogP contribution in [0.2, 0.25) is 5.02 Å². The number of ether oxygens (including phenoxy) is 2. The van der Waals surface area contributed by atoms with Crippen LogP contribution in [0.25, 0.3) is 11.4 Å². The summed E-state index contributed by atoms with van der Waals surface area (Å²) in [5.41, 5.74) is 1.52. The fourth-order valence-corrected chi connectivity index (χ4v) is 3.83. The summed E-state index contributed by atoms with van der Waals surface area (Å²) < 4.78 is 11.9. The lowest BCUT2D eigenvalue weighted by Gasteiger charge is -2.15. The van der Waals surface area contributed by atoms with Crippen LogP contribution in [0.3, 0.4) is 0 Å². The number of amides is 1.